The average molecular weight is 252 g/mol. The third-order valence-corrected chi connectivity index (χ3v) is 3.03. The minimum atomic E-state index is -0.235. The Balaban J connectivity index is 2.76. The monoisotopic (exact) mass is 252 g/mol. The fourth-order valence-corrected chi connectivity index (χ4v) is 1.47. The lowest BCUT2D eigenvalue weighted by Crippen LogP contribution is -2.39. The van der Waals surface area contributed by atoms with E-state index in [1.165, 1.54) is 13.2 Å². The summed E-state index contributed by atoms with van der Waals surface area (Å²) < 4.78 is 4.92. The van der Waals surface area contributed by atoms with Crippen molar-refractivity contribution in [3.63, 3.8) is 0 Å². The highest BCUT2D eigenvalue weighted by molar-refractivity contribution is 5.95. The largest absolute Gasteiger partial charge is 0.504 e. The molecule has 4 N–H and O–H groups in total. The molecule has 0 fully saturated rings. The van der Waals surface area contributed by atoms with E-state index in [-0.39, 0.29) is 23.6 Å². The average Bonchev–Trinajstić information content (AvgIpc) is 2.37. The maximum Gasteiger partial charge on any atom is 0.251 e. The molecule has 0 radical (unpaired) electrons. The molecule has 1 rings (SSSR count). The molecule has 1 aromatic carbocycles. The van der Waals surface area contributed by atoms with Crippen molar-refractivity contribution in [2.24, 2.45) is 11.7 Å². The highest BCUT2D eigenvalue weighted by atomic mass is 16.5. The van der Waals surface area contributed by atoms with Crippen molar-refractivity contribution in [2.75, 3.05) is 13.7 Å². The lowest BCUT2D eigenvalue weighted by atomic mass is 10.0. The summed E-state index contributed by atoms with van der Waals surface area (Å²) in [6, 6.07) is 4.52. The third-order valence-electron chi connectivity index (χ3n) is 3.03. The van der Waals surface area contributed by atoms with Gasteiger partial charge in [-0.1, -0.05) is 6.92 Å². The Morgan fingerprint density at radius 1 is 1.50 bits per heavy atom. The van der Waals surface area contributed by atoms with Crippen LogP contribution in [0.5, 0.6) is 11.5 Å². The smallest absolute Gasteiger partial charge is 0.251 e. The number of amides is 1. The van der Waals surface area contributed by atoms with Crippen LogP contribution >= 0.6 is 0 Å². The Morgan fingerprint density at radius 2 is 2.17 bits per heavy atom. The third kappa shape index (κ3) is 3.37. The van der Waals surface area contributed by atoms with Crippen LogP contribution < -0.4 is 15.8 Å². The van der Waals surface area contributed by atoms with Crippen LogP contribution in [0.15, 0.2) is 18.2 Å². The SMILES string of the molecule is COc1ccc(C(=O)NC(C)C(C)CN)cc1O. The van der Waals surface area contributed by atoms with E-state index in [9.17, 15) is 9.90 Å². The molecule has 5 heteroatoms. The number of nitrogens with one attached hydrogen (secondary N) is 1. The van der Waals surface area contributed by atoms with Gasteiger partial charge in [-0.05, 0) is 37.6 Å². The van der Waals surface area contributed by atoms with Crippen molar-refractivity contribution < 1.29 is 14.6 Å². The van der Waals surface area contributed by atoms with E-state index in [1.54, 1.807) is 12.1 Å². The van der Waals surface area contributed by atoms with Gasteiger partial charge in [0.05, 0.1) is 7.11 Å². The van der Waals surface area contributed by atoms with Gasteiger partial charge in [0.1, 0.15) is 0 Å². The highest BCUT2D eigenvalue weighted by Gasteiger charge is 2.15. The minimum Gasteiger partial charge on any atom is -0.504 e. The van der Waals surface area contributed by atoms with Crippen LogP contribution in [0, 0.1) is 5.92 Å². The van der Waals surface area contributed by atoms with E-state index in [0.717, 1.165) is 0 Å². The molecule has 18 heavy (non-hydrogen) atoms. The van der Waals surface area contributed by atoms with Gasteiger partial charge in [-0.2, -0.15) is 0 Å². The first-order valence-electron chi connectivity index (χ1n) is 5.87. The summed E-state index contributed by atoms with van der Waals surface area (Å²) in [4.78, 5) is 11.9. The summed E-state index contributed by atoms with van der Waals surface area (Å²) in [7, 11) is 1.46. The number of aromatic hydroxyl groups is 1. The number of carbonyl (C=O) groups excluding carboxylic acids is 1. The second kappa shape index (κ2) is 6.26. The number of hydrogen-bond donors (Lipinski definition) is 3. The van der Waals surface area contributed by atoms with Gasteiger partial charge in [0.25, 0.3) is 5.91 Å². The summed E-state index contributed by atoms with van der Waals surface area (Å²) >= 11 is 0. The van der Waals surface area contributed by atoms with Crippen LogP contribution in [0.25, 0.3) is 0 Å². The van der Waals surface area contributed by atoms with Crippen molar-refractivity contribution in [2.45, 2.75) is 19.9 Å². The number of nitrogens with two attached hydrogens (primary N) is 1. The lowest BCUT2D eigenvalue weighted by Gasteiger charge is -2.19. The van der Waals surface area contributed by atoms with Gasteiger partial charge in [0.15, 0.2) is 11.5 Å². The normalized spacial score (nSPS) is 13.8. The number of ether oxygens (including phenoxy) is 1. The zero-order valence-electron chi connectivity index (χ0n) is 10.9. The molecule has 0 saturated heterocycles. The van der Waals surface area contributed by atoms with Crippen molar-refractivity contribution in [3.8, 4) is 11.5 Å². The molecule has 0 spiro atoms. The van der Waals surface area contributed by atoms with Crippen LogP contribution in [-0.4, -0.2) is 30.7 Å². The van der Waals surface area contributed by atoms with Gasteiger partial charge in [-0.3, -0.25) is 4.79 Å². The van der Waals surface area contributed by atoms with Crippen LogP contribution in [0.2, 0.25) is 0 Å². The fourth-order valence-electron chi connectivity index (χ4n) is 1.47. The summed E-state index contributed by atoms with van der Waals surface area (Å²) in [5.41, 5.74) is 5.93. The molecular weight excluding hydrogens is 232 g/mol. The Bertz CT molecular complexity index is 421. The summed E-state index contributed by atoms with van der Waals surface area (Å²) in [6.07, 6.45) is 0. The molecule has 1 amide bonds. The van der Waals surface area contributed by atoms with Gasteiger partial charge in [-0.15, -0.1) is 0 Å². The standard InChI is InChI=1S/C13H20N2O3/c1-8(7-14)9(2)15-13(17)10-4-5-12(18-3)11(16)6-10/h4-6,8-9,16H,7,14H2,1-3H3,(H,15,17). The molecule has 2 unspecified atom stereocenters. The van der Waals surface area contributed by atoms with Crippen molar-refractivity contribution in [3.05, 3.63) is 23.8 Å². The van der Waals surface area contributed by atoms with E-state index in [0.29, 0.717) is 17.9 Å². The predicted octanol–water partition coefficient (Wildman–Crippen LogP) is 1.11. The molecule has 1 aromatic rings. The zero-order valence-corrected chi connectivity index (χ0v) is 10.9. The number of hydrogen-bond acceptors (Lipinski definition) is 4. The second-order valence-corrected chi connectivity index (χ2v) is 4.36. The van der Waals surface area contributed by atoms with Gasteiger partial charge in [0, 0.05) is 11.6 Å². The van der Waals surface area contributed by atoms with Crippen LogP contribution in [0.1, 0.15) is 24.2 Å². The zero-order chi connectivity index (χ0) is 13.7. The van der Waals surface area contributed by atoms with Gasteiger partial charge < -0.3 is 20.9 Å². The van der Waals surface area contributed by atoms with Crippen LogP contribution in [0.3, 0.4) is 0 Å². The molecule has 0 bridgehead atoms. The van der Waals surface area contributed by atoms with Crippen molar-refractivity contribution >= 4 is 5.91 Å². The predicted molar refractivity (Wildman–Crippen MR) is 69.8 cm³/mol. The summed E-state index contributed by atoms with van der Waals surface area (Å²) in [6.45, 7) is 4.38. The molecular formula is C13H20N2O3. The molecule has 2 atom stereocenters. The molecule has 0 aliphatic rings. The van der Waals surface area contributed by atoms with Gasteiger partial charge >= 0.3 is 0 Å². The fraction of sp³-hybridized carbons (Fsp3) is 0.462. The molecule has 5 nitrogen and oxygen atoms in total. The van der Waals surface area contributed by atoms with Crippen LogP contribution in [0.4, 0.5) is 0 Å². The number of benzene rings is 1. The number of methoxy groups -OCH3 is 1. The molecule has 0 heterocycles. The maximum atomic E-state index is 11.9. The highest BCUT2D eigenvalue weighted by Crippen LogP contribution is 2.26. The van der Waals surface area contributed by atoms with E-state index >= 15 is 0 Å². The van der Waals surface area contributed by atoms with E-state index in [1.807, 2.05) is 13.8 Å². The van der Waals surface area contributed by atoms with Gasteiger partial charge in [-0.25, -0.2) is 0 Å². The van der Waals surface area contributed by atoms with E-state index in [4.69, 9.17) is 10.5 Å². The Labute approximate surface area is 107 Å². The Morgan fingerprint density at radius 3 is 2.67 bits per heavy atom. The number of carbonyl (C=O) groups is 1. The topological polar surface area (TPSA) is 84.6 Å². The number of rotatable bonds is 5. The first kappa shape index (κ1) is 14.3. The molecule has 100 valence electrons. The molecule has 0 aliphatic carbocycles. The minimum absolute atomic E-state index is 0.0215. The van der Waals surface area contributed by atoms with E-state index in [2.05, 4.69) is 5.32 Å². The summed E-state index contributed by atoms with van der Waals surface area (Å²) in [5.74, 6) is 0.251. The number of phenols is 1. The second-order valence-electron chi connectivity index (χ2n) is 4.36. The lowest BCUT2D eigenvalue weighted by molar-refractivity contribution is 0.0929. The molecule has 0 saturated carbocycles. The number of phenolic OH excluding ortho intramolecular Hbond substituents is 1. The maximum absolute atomic E-state index is 11.9. The van der Waals surface area contributed by atoms with Gasteiger partial charge in [0.2, 0.25) is 0 Å². The Kier molecular flexibility index (Phi) is 4.97. The van der Waals surface area contributed by atoms with E-state index < -0.39 is 0 Å². The Hall–Kier alpha value is -1.75. The summed E-state index contributed by atoms with van der Waals surface area (Å²) in [5, 5.41) is 12.4. The van der Waals surface area contributed by atoms with Crippen molar-refractivity contribution in [1.29, 1.82) is 0 Å². The first-order valence-corrected chi connectivity index (χ1v) is 5.87. The quantitative estimate of drug-likeness (QED) is 0.733. The molecule has 0 aromatic heterocycles. The van der Waals surface area contributed by atoms with Crippen molar-refractivity contribution in [1.82, 2.24) is 5.32 Å². The first-order chi connectivity index (χ1) is 8.49. The van der Waals surface area contributed by atoms with Crippen LogP contribution in [-0.2, 0) is 0 Å². The molecule has 0 aliphatic heterocycles.